The Morgan fingerprint density at radius 3 is 3.10 bits per heavy atom. The van der Waals surface area contributed by atoms with Crippen molar-refractivity contribution in [3.8, 4) is 5.69 Å². The van der Waals surface area contributed by atoms with Crippen molar-refractivity contribution >= 4 is 5.91 Å². The van der Waals surface area contributed by atoms with E-state index in [-0.39, 0.29) is 18.4 Å². The number of carbonyl (C=O) groups is 1. The lowest BCUT2D eigenvalue weighted by Crippen LogP contribution is -2.40. The van der Waals surface area contributed by atoms with Gasteiger partial charge in [-0.15, -0.1) is 5.10 Å². The summed E-state index contributed by atoms with van der Waals surface area (Å²) >= 11 is 0. The molecule has 0 radical (unpaired) electrons. The standard InChI is InChI=1S/C14H17N5O2/c20-9-11-3-2-6-18(8-11)14(21)12-4-1-5-13(7-12)19-10-15-16-17-19/h1,4-5,7,10-11,20H,2-3,6,8-9H2. The molecule has 110 valence electrons. The van der Waals surface area contributed by atoms with E-state index in [0.29, 0.717) is 12.1 Å². The Hall–Kier alpha value is -2.28. The molecule has 0 aliphatic carbocycles. The van der Waals surface area contributed by atoms with E-state index in [1.807, 2.05) is 17.0 Å². The number of hydrogen-bond acceptors (Lipinski definition) is 5. The lowest BCUT2D eigenvalue weighted by atomic mass is 9.98. The van der Waals surface area contributed by atoms with E-state index >= 15 is 0 Å². The van der Waals surface area contributed by atoms with E-state index < -0.39 is 0 Å². The molecule has 1 aliphatic heterocycles. The Labute approximate surface area is 122 Å². The van der Waals surface area contributed by atoms with Crippen LogP contribution in [0.3, 0.4) is 0 Å². The van der Waals surface area contributed by atoms with Gasteiger partial charge in [0, 0.05) is 25.3 Å². The molecule has 1 aromatic heterocycles. The van der Waals surface area contributed by atoms with Crippen LogP contribution in [-0.2, 0) is 0 Å². The Kier molecular flexibility index (Phi) is 3.92. The van der Waals surface area contributed by atoms with Crippen molar-refractivity contribution in [1.29, 1.82) is 0 Å². The smallest absolute Gasteiger partial charge is 0.253 e. The molecule has 0 bridgehead atoms. The zero-order valence-corrected chi connectivity index (χ0v) is 11.6. The van der Waals surface area contributed by atoms with Gasteiger partial charge < -0.3 is 10.0 Å². The van der Waals surface area contributed by atoms with Crippen LogP contribution >= 0.6 is 0 Å². The third kappa shape index (κ3) is 2.92. The summed E-state index contributed by atoms with van der Waals surface area (Å²) in [6.07, 6.45) is 3.40. The number of rotatable bonds is 3. The average Bonchev–Trinajstić information content (AvgIpc) is 3.09. The molecule has 1 N–H and O–H groups in total. The number of aliphatic hydroxyl groups is 1. The van der Waals surface area contributed by atoms with E-state index in [2.05, 4.69) is 15.5 Å². The number of carbonyl (C=O) groups excluding carboxylic acids is 1. The van der Waals surface area contributed by atoms with Crippen LogP contribution in [0.1, 0.15) is 23.2 Å². The van der Waals surface area contributed by atoms with Gasteiger partial charge in [-0.3, -0.25) is 4.79 Å². The predicted octanol–water partition coefficient (Wildman–Crippen LogP) is 0.507. The Morgan fingerprint density at radius 2 is 2.33 bits per heavy atom. The van der Waals surface area contributed by atoms with Crippen LogP contribution in [0.15, 0.2) is 30.6 Å². The number of nitrogens with zero attached hydrogens (tertiary/aromatic N) is 5. The van der Waals surface area contributed by atoms with Gasteiger partial charge in [-0.1, -0.05) is 6.07 Å². The molecule has 7 nitrogen and oxygen atoms in total. The summed E-state index contributed by atoms with van der Waals surface area (Å²) in [6.45, 7) is 1.49. The average molecular weight is 287 g/mol. The molecular formula is C14H17N5O2. The van der Waals surface area contributed by atoms with Crippen molar-refractivity contribution in [3.63, 3.8) is 0 Å². The van der Waals surface area contributed by atoms with E-state index in [1.54, 1.807) is 12.1 Å². The maximum absolute atomic E-state index is 12.6. The number of aromatic nitrogens is 4. The first kappa shape index (κ1) is 13.7. The fourth-order valence-corrected chi connectivity index (χ4v) is 2.64. The highest BCUT2D eigenvalue weighted by molar-refractivity contribution is 5.94. The van der Waals surface area contributed by atoms with E-state index in [0.717, 1.165) is 25.1 Å². The third-order valence-corrected chi connectivity index (χ3v) is 3.77. The van der Waals surface area contributed by atoms with E-state index in [9.17, 15) is 9.90 Å². The molecule has 1 atom stereocenters. The van der Waals surface area contributed by atoms with Crippen molar-refractivity contribution in [2.24, 2.45) is 5.92 Å². The number of benzene rings is 1. The van der Waals surface area contributed by atoms with Gasteiger partial charge >= 0.3 is 0 Å². The van der Waals surface area contributed by atoms with Crippen LogP contribution in [0.4, 0.5) is 0 Å². The fraction of sp³-hybridized carbons (Fsp3) is 0.429. The van der Waals surface area contributed by atoms with Gasteiger partial charge in [-0.2, -0.15) is 0 Å². The highest BCUT2D eigenvalue weighted by Crippen LogP contribution is 2.19. The SMILES string of the molecule is O=C(c1cccc(-n2cnnn2)c1)N1CCCC(CO)C1. The molecule has 1 aromatic carbocycles. The second-order valence-corrected chi connectivity index (χ2v) is 5.25. The van der Waals surface area contributed by atoms with Crippen LogP contribution in [0.25, 0.3) is 5.69 Å². The second-order valence-electron chi connectivity index (χ2n) is 5.25. The lowest BCUT2D eigenvalue weighted by Gasteiger charge is -2.32. The number of piperidine rings is 1. The van der Waals surface area contributed by atoms with Crippen LogP contribution in [0, 0.1) is 5.92 Å². The first-order chi connectivity index (χ1) is 10.3. The number of aliphatic hydroxyl groups excluding tert-OH is 1. The lowest BCUT2D eigenvalue weighted by molar-refractivity contribution is 0.0620. The molecule has 1 saturated heterocycles. The molecule has 0 saturated carbocycles. The second kappa shape index (κ2) is 6.01. The van der Waals surface area contributed by atoms with Crippen molar-refractivity contribution in [2.75, 3.05) is 19.7 Å². The van der Waals surface area contributed by atoms with Gasteiger partial charge in [0.15, 0.2) is 0 Å². The monoisotopic (exact) mass is 287 g/mol. The minimum absolute atomic E-state index is 0.0110. The first-order valence-electron chi connectivity index (χ1n) is 7.01. The normalized spacial score (nSPS) is 18.7. The largest absolute Gasteiger partial charge is 0.396 e. The summed E-state index contributed by atoms with van der Waals surface area (Å²) < 4.78 is 1.52. The summed E-state index contributed by atoms with van der Waals surface area (Å²) in [5.41, 5.74) is 1.36. The molecule has 7 heteroatoms. The quantitative estimate of drug-likeness (QED) is 0.889. The number of likely N-dealkylation sites (tertiary alicyclic amines) is 1. The summed E-state index contributed by atoms with van der Waals surface area (Å²) in [6, 6.07) is 7.23. The van der Waals surface area contributed by atoms with Gasteiger partial charge in [-0.25, -0.2) is 4.68 Å². The minimum Gasteiger partial charge on any atom is -0.396 e. The predicted molar refractivity (Wildman–Crippen MR) is 74.9 cm³/mol. The molecular weight excluding hydrogens is 270 g/mol. The maximum atomic E-state index is 12.6. The van der Waals surface area contributed by atoms with Crippen molar-refractivity contribution in [2.45, 2.75) is 12.8 Å². The van der Waals surface area contributed by atoms with Gasteiger partial charge in [0.2, 0.25) is 0 Å². The van der Waals surface area contributed by atoms with Crippen LogP contribution < -0.4 is 0 Å². The summed E-state index contributed by atoms with van der Waals surface area (Å²) in [5, 5.41) is 20.3. The summed E-state index contributed by atoms with van der Waals surface area (Å²) in [5.74, 6) is 0.175. The van der Waals surface area contributed by atoms with E-state index in [1.165, 1.54) is 11.0 Å². The molecule has 1 aliphatic rings. The van der Waals surface area contributed by atoms with Gasteiger partial charge in [0.1, 0.15) is 6.33 Å². The molecule has 1 amide bonds. The van der Waals surface area contributed by atoms with Gasteiger partial charge in [0.05, 0.1) is 5.69 Å². The topological polar surface area (TPSA) is 84.1 Å². The van der Waals surface area contributed by atoms with Crippen LogP contribution in [0.2, 0.25) is 0 Å². The van der Waals surface area contributed by atoms with Crippen molar-refractivity contribution in [3.05, 3.63) is 36.2 Å². The molecule has 1 fully saturated rings. The third-order valence-electron chi connectivity index (χ3n) is 3.77. The number of hydrogen-bond donors (Lipinski definition) is 1. The molecule has 1 unspecified atom stereocenters. The molecule has 2 heterocycles. The first-order valence-corrected chi connectivity index (χ1v) is 7.01. The van der Waals surface area contributed by atoms with Crippen LogP contribution in [0.5, 0.6) is 0 Å². The molecule has 0 spiro atoms. The fourth-order valence-electron chi connectivity index (χ4n) is 2.64. The van der Waals surface area contributed by atoms with Crippen molar-refractivity contribution in [1.82, 2.24) is 25.1 Å². The summed E-state index contributed by atoms with van der Waals surface area (Å²) in [7, 11) is 0. The zero-order chi connectivity index (χ0) is 14.7. The van der Waals surface area contributed by atoms with Gasteiger partial charge in [0.25, 0.3) is 5.91 Å². The Balaban J connectivity index is 1.80. The Morgan fingerprint density at radius 1 is 1.43 bits per heavy atom. The molecule has 21 heavy (non-hydrogen) atoms. The molecule has 3 rings (SSSR count). The summed E-state index contributed by atoms with van der Waals surface area (Å²) in [4.78, 5) is 14.4. The van der Waals surface area contributed by atoms with Crippen LogP contribution in [-0.4, -0.2) is 55.8 Å². The minimum atomic E-state index is -0.0110. The highest BCUT2D eigenvalue weighted by atomic mass is 16.3. The number of tetrazole rings is 1. The van der Waals surface area contributed by atoms with Gasteiger partial charge in [-0.05, 0) is 47.4 Å². The zero-order valence-electron chi connectivity index (χ0n) is 11.6. The highest BCUT2D eigenvalue weighted by Gasteiger charge is 2.24. The number of amides is 1. The Bertz CT molecular complexity index is 614. The van der Waals surface area contributed by atoms with Crippen molar-refractivity contribution < 1.29 is 9.90 Å². The molecule has 2 aromatic rings. The maximum Gasteiger partial charge on any atom is 0.253 e. The van der Waals surface area contributed by atoms with E-state index in [4.69, 9.17) is 0 Å².